The number of hydrogen-bond donors (Lipinski definition) is 1. The van der Waals surface area contributed by atoms with E-state index in [1.807, 2.05) is 0 Å². The lowest BCUT2D eigenvalue weighted by Gasteiger charge is -2.22. The molecule has 0 aliphatic carbocycles. The first kappa shape index (κ1) is 25.7. The summed E-state index contributed by atoms with van der Waals surface area (Å²) in [5.41, 5.74) is 1.35. The van der Waals surface area contributed by atoms with Crippen molar-refractivity contribution in [3.05, 3.63) is 59.5 Å². The molecule has 10 nitrogen and oxygen atoms in total. The molecule has 3 aromatic rings. The maximum atomic E-state index is 12.9. The summed E-state index contributed by atoms with van der Waals surface area (Å²) in [6.45, 7) is -0.0103. The van der Waals surface area contributed by atoms with Crippen LogP contribution in [0.5, 0.6) is 11.5 Å². The second kappa shape index (κ2) is 10.7. The summed E-state index contributed by atoms with van der Waals surface area (Å²) in [5, 5.41) is 10.3. The van der Waals surface area contributed by atoms with Crippen LogP contribution < -0.4 is 14.8 Å². The zero-order chi connectivity index (χ0) is 26.6. The monoisotopic (exact) mass is 518 g/mol. The maximum absolute atomic E-state index is 12.9. The molecule has 194 valence electrons. The van der Waals surface area contributed by atoms with Crippen molar-refractivity contribution in [1.82, 2.24) is 20.4 Å². The minimum absolute atomic E-state index is 0.0711. The molecule has 1 atom stereocenters. The summed E-state index contributed by atoms with van der Waals surface area (Å²) < 4.78 is 52.2. The second-order valence-electron chi connectivity index (χ2n) is 7.99. The number of benzene rings is 2. The third kappa shape index (κ3) is 6.05. The highest BCUT2D eigenvalue weighted by Gasteiger charge is 2.35. The number of fused-ring (bicyclic) bond motifs is 1. The van der Waals surface area contributed by atoms with Crippen LogP contribution in [-0.2, 0) is 22.7 Å². The predicted octanol–water partition coefficient (Wildman–Crippen LogP) is 3.26. The van der Waals surface area contributed by atoms with Gasteiger partial charge >= 0.3 is 6.36 Å². The van der Waals surface area contributed by atoms with Gasteiger partial charge in [0, 0.05) is 30.2 Å². The zero-order valence-corrected chi connectivity index (χ0v) is 19.4. The number of ether oxygens (including phenoxy) is 2. The lowest BCUT2D eigenvalue weighted by molar-refractivity contribution is -0.274. The van der Waals surface area contributed by atoms with E-state index in [2.05, 4.69) is 20.3 Å². The molecule has 2 amide bonds. The Kier molecular flexibility index (Phi) is 7.41. The molecule has 1 unspecified atom stereocenters. The van der Waals surface area contributed by atoms with E-state index in [1.165, 1.54) is 24.1 Å². The molecule has 0 radical (unpaired) electrons. The Labute approximate surface area is 208 Å². The standard InChI is InChI=1S/C24H21F3N4O6/c1-28-20(33)10-7-15(12-32)31-11-18-17(23(31)34)3-2-4-19(18)35-13-21-29-30-22(36-21)14-5-8-16(9-6-14)37-24(25,26)27/h2-6,8-9,12,15H,7,10-11,13H2,1H3,(H,28,33). The van der Waals surface area contributed by atoms with Crippen LogP contribution in [0.3, 0.4) is 0 Å². The molecule has 0 saturated carbocycles. The van der Waals surface area contributed by atoms with Crippen molar-refractivity contribution < 1.29 is 41.4 Å². The molecule has 1 aliphatic rings. The molecule has 2 aromatic carbocycles. The number of rotatable bonds is 10. The van der Waals surface area contributed by atoms with Gasteiger partial charge in [0.2, 0.25) is 11.8 Å². The van der Waals surface area contributed by atoms with Gasteiger partial charge in [0.1, 0.15) is 17.8 Å². The number of hydrogen-bond acceptors (Lipinski definition) is 8. The van der Waals surface area contributed by atoms with E-state index in [4.69, 9.17) is 9.15 Å². The van der Waals surface area contributed by atoms with E-state index in [0.717, 1.165) is 12.1 Å². The molecule has 1 aromatic heterocycles. The fraction of sp³-hybridized carbons (Fsp3) is 0.292. The van der Waals surface area contributed by atoms with Crippen molar-refractivity contribution in [2.24, 2.45) is 0 Å². The molecule has 0 fully saturated rings. The molecular weight excluding hydrogens is 497 g/mol. The third-order valence-corrected chi connectivity index (χ3v) is 5.61. The van der Waals surface area contributed by atoms with E-state index in [1.54, 1.807) is 18.2 Å². The van der Waals surface area contributed by atoms with Crippen molar-refractivity contribution in [3.8, 4) is 23.0 Å². The minimum atomic E-state index is -4.80. The van der Waals surface area contributed by atoms with Gasteiger partial charge in [0.25, 0.3) is 11.8 Å². The Morgan fingerprint density at radius 2 is 1.97 bits per heavy atom. The van der Waals surface area contributed by atoms with Gasteiger partial charge in [0.05, 0.1) is 12.6 Å². The predicted molar refractivity (Wildman–Crippen MR) is 120 cm³/mol. The number of nitrogens with one attached hydrogen (secondary N) is 1. The van der Waals surface area contributed by atoms with Gasteiger partial charge in [-0.3, -0.25) is 9.59 Å². The number of halogens is 3. The van der Waals surface area contributed by atoms with Gasteiger partial charge in [-0.25, -0.2) is 0 Å². The normalized spacial score (nSPS) is 13.7. The number of amides is 2. The Balaban J connectivity index is 1.42. The summed E-state index contributed by atoms with van der Waals surface area (Å²) in [6, 6.07) is 9.10. The zero-order valence-electron chi connectivity index (χ0n) is 19.4. The highest BCUT2D eigenvalue weighted by molar-refractivity contribution is 6.00. The summed E-state index contributed by atoms with van der Waals surface area (Å²) in [4.78, 5) is 37.5. The maximum Gasteiger partial charge on any atom is 0.573 e. The van der Waals surface area contributed by atoms with E-state index >= 15 is 0 Å². The van der Waals surface area contributed by atoms with Crippen molar-refractivity contribution >= 4 is 18.1 Å². The highest BCUT2D eigenvalue weighted by atomic mass is 19.4. The average Bonchev–Trinajstić information content (AvgIpc) is 3.48. The smallest absolute Gasteiger partial charge is 0.483 e. The molecule has 1 N–H and O–H groups in total. The summed E-state index contributed by atoms with van der Waals surface area (Å²) in [6.07, 6.45) is -3.86. The Morgan fingerprint density at radius 3 is 2.65 bits per heavy atom. The van der Waals surface area contributed by atoms with Crippen molar-refractivity contribution in [1.29, 1.82) is 0 Å². The molecular formula is C24H21F3N4O6. The van der Waals surface area contributed by atoms with E-state index < -0.39 is 12.4 Å². The number of aromatic nitrogens is 2. The topological polar surface area (TPSA) is 124 Å². The van der Waals surface area contributed by atoms with Crippen molar-refractivity contribution in [2.45, 2.75) is 38.4 Å². The van der Waals surface area contributed by atoms with Crippen LogP contribution in [-0.4, -0.2) is 52.6 Å². The molecule has 13 heteroatoms. The first-order valence-corrected chi connectivity index (χ1v) is 11.1. The van der Waals surface area contributed by atoms with Gasteiger partial charge in [-0.1, -0.05) is 6.07 Å². The van der Waals surface area contributed by atoms with Crippen LogP contribution in [0.4, 0.5) is 13.2 Å². The Bertz CT molecular complexity index is 1290. The van der Waals surface area contributed by atoms with Crippen LogP contribution in [0.2, 0.25) is 0 Å². The summed E-state index contributed by atoms with van der Waals surface area (Å²) in [7, 11) is 1.49. The van der Waals surface area contributed by atoms with Crippen LogP contribution in [0.15, 0.2) is 46.9 Å². The summed E-state index contributed by atoms with van der Waals surface area (Å²) >= 11 is 0. The quantitative estimate of drug-likeness (QED) is 0.406. The van der Waals surface area contributed by atoms with Gasteiger partial charge < -0.3 is 28.9 Å². The molecule has 37 heavy (non-hydrogen) atoms. The van der Waals surface area contributed by atoms with Crippen LogP contribution in [0.1, 0.15) is 34.7 Å². The number of aldehydes is 1. The third-order valence-electron chi connectivity index (χ3n) is 5.61. The molecule has 0 spiro atoms. The SMILES string of the molecule is CNC(=O)CCC(C=O)N1Cc2c(OCc3nnc(-c4ccc(OC(F)(F)F)cc4)o3)cccc2C1=O. The lowest BCUT2D eigenvalue weighted by atomic mass is 10.1. The van der Waals surface area contributed by atoms with Gasteiger partial charge in [0.15, 0.2) is 6.61 Å². The number of carbonyl (C=O) groups is 3. The first-order valence-electron chi connectivity index (χ1n) is 11.1. The van der Waals surface area contributed by atoms with Crippen molar-refractivity contribution in [2.75, 3.05) is 7.05 Å². The molecule has 0 saturated heterocycles. The molecule has 4 rings (SSSR count). The fourth-order valence-corrected chi connectivity index (χ4v) is 3.80. The number of carbonyl (C=O) groups excluding carboxylic acids is 3. The highest BCUT2D eigenvalue weighted by Crippen LogP contribution is 2.33. The van der Waals surface area contributed by atoms with Crippen LogP contribution >= 0.6 is 0 Å². The minimum Gasteiger partial charge on any atom is -0.483 e. The first-order chi connectivity index (χ1) is 17.7. The molecule has 1 aliphatic heterocycles. The fourth-order valence-electron chi connectivity index (χ4n) is 3.80. The molecule has 2 heterocycles. The van der Waals surface area contributed by atoms with E-state index in [-0.39, 0.29) is 55.3 Å². The second-order valence-corrected chi connectivity index (χ2v) is 7.99. The van der Waals surface area contributed by atoms with Crippen LogP contribution in [0.25, 0.3) is 11.5 Å². The number of nitrogens with zero attached hydrogens (tertiary/aromatic N) is 3. The molecule has 0 bridgehead atoms. The Morgan fingerprint density at radius 1 is 1.22 bits per heavy atom. The van der Waals surface area contributed by atoms with Crippen molar-refractivity contribution in [3.63, 3.8) is 0 Å². The Hall–Kier alpha value is -4.42. The van der Waals surface area contributed by atoms with E-state index in [9.17, 15) is 27.6 Å². The van der Waals surface area contributed by atoms with Gasteiger partial charge in [-0.2, -0.15) is 0 Å². The average molecular weight is 518 g/mol. The number of alkyl halides is 3. The van der Waals surface area contributed by atoms with Crippen LogP contribution in [0, 0.1) is 0 Å². The largest absolute Gasteiger partial charge is 0.573 e. The summed E-state index contributed by atoms with van der Waals surface area (Å²) in [5.74, 6) is -0.400. The van der Waals surface area contributed by atoms with Gasteiger partial charge in [-0.15, -0.1) is 23.4 Å². The lowest BCUT2D eigenvalue weighted by Crippen LogP contribution is -2.37. The van der Waals surface area contributed by atoms with Gasteiger partial charge in [-0.05, 0) is 42.8 Å². The van der Waals surface area contributed by atoms with E-state index in [0.29, 0.717) is 28.7 Å².